The van der Waals surface area contributed by atoms with Crippen LogP contribution in [0.5, 0.6) is 0 Å². The van der Waals surface area contributed by atoms with E-state index >= 15 is 0 Å². The van der Waals surface area contributed by atoms with Crippen LogP contribution >= 0.6 is 27.5 Å². The number of hydrogen-bond donors (Lipinski definition) is 2. The van der Waals surface area contributed by atoms with E-state index in [4.69, 9.17) is 11.6 Å². The third-order valence-electron chi connectivity index (χ3n) is 3.13. The molecule has 1 aromatic carbocycles. The summed E-state index contributed by atoms with van der Waals surface area (Å²) in [4.78, 5) is 3.82. The summed E-state index contributed by atoms with van der Waals surface area (Å²) >= 11 is 9.40. The number of anilines is 1. The first-order valence-electron chi connectivity index (χ1n) is 6.38. The molecular weight excluding hydrogens is 406 g/mol. The van der Waals surface area contributed by atoms with E-state index in [1.54, 1.807) is 7.05 Å². The minimum absolute atomic E-state index is 0.0273. The molecule has 2 N–H and O–H groups in total. The van der Waals surface area contributed by atoms with Crippen LogP contribution in [-0.2, 0) is 17.1 Å². The van der Waals surface area contributed by atoms with E-state index in [1.165, 1.54) is 17.1 Å². The first-order valence-corrected chi connectivity index (χ1v) is 9.03. The molecule has 0 amide bonds. The van der Waals surface area contributed by atoms with E-state index in [0.717, 1.165) is 10.0 Å². The third-order valence-corrected chi connectivity index (χ3v) is 5.66. The molecule has 0 saturated carbocycles. The average Bonchev–Trinajstić information content (AvgIpc) is 3.07. The Balaban J connectivity index is 2.01. The molecule has 0 atom stereocenters. The van der Waals surface area contributed by atoms with Crippen LogP contribution in [0.25, 0.3) is 11.1 Å². The van der Waals surface area contributed by atoms with Gasteiger partial charge >= 0.3 is 0 Å². The quantitative estimate of drug-likeness (QED) is 0.684. The van der Waals surface area contributed by atoms with Crippen molar-refractivity contribution in [2.75, 3.05) is 4.72 Å². The van der Waals surface area contributed by atoms with Gasteiger partial charge in [-0.2, -0.15) is 13.5 Å². The summed E-state index contributed by atoms with van der Waals surface area (Å²) in [5.41, 5.74) is 1.40. The van der Waals surface area contributed by atoms with Gasteiger partial charge in [-0.25, -0.2) is 4.98 Å². The Kier molecular flexibility index (Phi) is 4.17. The Morgan fingerprint density at radius 2 is 2.04 bits per heavy atom. The second-order valence-electron chi connectivity index (χ2n) is 4.70. The van der Waals surface area contributed by atoms with Crippen LogP contribution in [0.1, 0.15) is 0 Å². The maximum Gasteiger partial charge on any atom is 0.283 e. The number of sulfonamides is 1. The van der Waals surface area contributed by atoms with Gasteiger partial charge in [0.25, 0.3) is 10.0 Å². The Bertz CT molecular complexity index is 966. The van der Waals surface area contributed by atoms with E-state index in [-0.39, 0.29) is 16.0 Å². The van der Waals surface area contributed by atoms with E-state index < -0.39 is 10.0 Å². The van der Waals surface area contributed by atoms with E-state index in [1.807, 2.05) is 24.3 Å². The Hall–Kier alpha value is -1.84. The number of aromatic amines is 1. The van der Waals surface area contributed by atoms with Gasteiger partial charge in [-0.05, 0) is 6.07 Å². The van der Waals surface area contributed by atoms with Crippen LogP contribution in [0.4, 0.5) is 5.82 Å². The average molecular weight is 417 g/mol. The van der Waals surface area contributed by atoms with Crippen molar-refractivity contribution in [2.45, 2.75) is 5.03 Å². The number of aryl methyl sites for hydroxylation is 1. The monoisotopic (exact) mass is 415 g/mol. The molecule has 120 valence electrons. The lowest BCUT2D eigenvalue weighted by atomic mass is 10.1. The highest BCUT2D eigenvalue weighted by Crippen LogP contribution is 2.33. The number of nitrogens with one attached hydrogen (secondary N) is 2. The maximum absolute atomic E-state index is 12.5. The lowest BCUT2D eigenvalue weighted by molar-refractivity contribution is 0.598. The summed E-state index contributed by atoms with van der Waals surface area (Å²) < 4.78 is 29.6. The van der Waals surface area contributed by atoms with Gasteiger partial charge in [0.1, 0.15) is 11.0 Å². The van der Waals surface area contributed by atoms with Gasteiger partial charge in [0.15, 0.2) is 0 Å². The fourth-order valence-electron chi connectivity index (χ4n) is 2.00. The number of benzene rings is 1. The zero-order chi connectivity index (χ0) is 16.6. The topological polar surface area (TPSA) is 92.7 Å². The van der Waals surface area contributed by atoms with Crippen molar-refractivity contribution >= 4 is 43.4 Å². The molecule has 2 aromatic heterocycles. The predicted molar refractivity (Wildman–Crippen MR) is 90.8 cm³/mol. The SMILES string of the molecule is Cn1cnc(S(=O)(=O)Nc2[nH]ncc2-c2ccccc2Br)c1Cl. The third kappa shape index (κ3) is 2.99. The zero-order valence-electron chi connectivity index (χ0n) is 11.8. The van der Waals surface area contributed by atoms with Gasteiger partial charge in [0.2, 0.25) is 5.03 Å². The highest BCUT2D eigenvalue weighted by Gasteiger charge is 2.24. The number of rotatable bonds is 4. The first kappa shape index (κ1) is 16.0. The molecular formula is C13H11BrClN5O2S. The molecule has 7 nitrogen and oxygen atoms in total. The lowest BCUT2D eigenvalue weighted by Crippen LogP contribution is -2.15. The van der Waals surface area contributed by atoms with Crippen LogP contribution in [0, 0.1) is 0 Å². The largest absolute Gasteiger partial charge is 0.324 e. The number of nitrogens with zero attached hydrogens (tertiary/aromatic N) is 3. The highest BCUT2D eigenvalue weighted by atomic mass is 79.9. The molecule has 0 bridgehead atoms. The van der Waals surface area contributed by atoms with Crippen LogP contribution in [0.3, 0.4) is 0 Å². The second kappa shape index (κ2) is 5.99. The summed E-state index contributed by atoms with van der Waals surface area (Å²) in [5.74, 6) is 0.235. The van der Waals surface area contributed by atoms with Crippen LogP contribution in [0.2, 0.25) is 5.15 Å². The summed E-state index contributed by atoms with van der Waals surface area (Å²) in [6.07, 6.45) is 2.87. The van der Waals surface area contributed by atoms with Crippen LogP contribution < -0.4 is 4.72 Å². The fourth-order valence-corrected chi connectivity index (χ4v) is 3.97. The van der Waals surface area contributed by atoms with Crippen LogP contribution in [-0.4, -0.2) is 28.2 Å². The molecule has 23 heavy (non-hydrogen) atoms. The molecule has 0 aliphatic rings. The number of H-pyrrole nitrogens is 1. The van der Waals surface area contributed by atoms with Crippen molar-refractivity contribution < 1.29 is 8.42 Å². The Morgan fingerprint density at radius 1 is 1.30 bits per heavy atom. The minimum atomic E-state index is -3.94. The molecule has 0 fully saturated rings. The second-order valence-corrected chi connectivity index (χ2v) is 7.51. The minimum Gasteiger partial charge on any atom is -0.324 e. The predicted octanol–water partition coefficient (Wildman–Crippen LogP) is 3.03. The molecule has 0 unspecified atom stereocenters. The standard InChI is InChI=1S/C13H11BrClN5O2S/c1-20-7-16-13(11(20)15)23(21,22)19-12-9(6-17-18-12)8-4-2-3-5-10(8)14/h2-7H,1H3,(H2,17,18,19). The number of hydrogen-bond acceptors (Lipinski definition) is 4. The van der Waals surface area contributed by atoms with Crippen molar-refractivity contribution in [1.82, 2.24) is 19.7 Å². The first-order chi connectivity index (χ1) is 10.9. The normalized spacial score (nSPS) is 11.6. The Labute approximate surface area is 145 Å². The molecule has 10 heteroatoms. The summed E-state index contributed by atoms with van der Waals surface area (Å²) in [6, 6.07) is 7.42. The van der Waals surface area contributed by atoms with Gasteiger partial charge in [0.05, 0.1) is 12.5 Å². The Morgan fingerprint density at radius 3 is 2.70 bits per heavy atom. The zero-order valence-corrected chi connectivity index (χ0v) is 14.9. The van der Waals surface area contributed by atoms with E-state index in [0.29, 0.717) is 5.56 Å². The lowest BCUT2D eigenvalue weighted by Gasteiger charge is -2.08. The smallest absolute Gasteiger partial charge is 0.283 e. The van der Waals surface area contributed by atoms with Crippen molar-refractivity contribution in [3.05, 3.63) is 46.4 Å². The van der Waals surface area contributed by atoms with Gasteiger partial charge < -0.3 is 4.57 Å². The summed E-state index contributed by atoms with van der Waals surface area (Å²) in [7, 11) is -2.33. The molecule has 0 radical (unpaired) electrons. The maximum atomic E-state index is 12.5. The van der Waals surface area contributed by atoms with Crippen molar-refractivity contribution in [2.24, 2.45) is 7.05 Å². The molecule has 0 aliphatic heterocycles. The summed E-state index contributed by atoms with van der Waals surface area (Å²) in [6.45, 7) is 0. The van der Waals surface area contributed by atoms with Crippen molar-refractivity contribution in [1.29, 1.82) is 0 Å². The van der Waals surface area contributed by atoms with Crippen LogP contribution in [0.15, 0.2) is 46.3 Å². The molecule has 0 aliphatic carbocycles. The molecule has 0 saturated heterocycles. The van der Waals surface area contributed by atoms with E-state index in [2.05, 4.69) is 35.8 Å². The molecule has 3 aromatic rings. The number of aromatic nitrogens is 4. The molecule has 3 rings (SSSR count). The van der Waals surface area contributed by atoms with E-state index in [9.17, 15) is 8.42 Å². The molecule has 0 spiro atoms. The fraction of sp³-hybridized carbons (Fsp3) is 0.0769. The molecule has 2 heterocycles. The van der Waals surface area contributed by atoms with Gasteiger partial charge in [-0.3, -0.25) is 9.82 Å². The summed E-state index contributed by atoms with van der Waals surface area (Å²) in [5, 5.41) is 6.34. The van der Waals surface area contributed by atoms with Gasteiger partial charge in [-0.1, -0.05) is 45.7 Å². The van der Waals surface area contributed by atoms with Crippen molar-refractivity contribution in [3.8, 4) is 11.1 Å². The highest BCUT2D eigenvalue weighted by molar-refractivity contribution is 9.10. The number of halogens is 2. The number of imidazole rings is 1. The van der Waals surface area contributed by atoms with Crippen molar-refractivity contribution in [3.63, 3.8) is 0 Å². The van der Waals surface area contributed by atoms with Gasteiger partial charge in [-0.15, -0.1) is 0 Å². The van der Waals surface area contributed by atoms with Gasteiger partial charge in [0, 0.05) is 22.6 Å².